The molecule has 0 radical (unpaired) electrons. The summed E-state index contributed by atoms with van der Waals surface area (Å²) >= 11 is 3.46. The van der Waals surface area contributed by atoms with Gasteiger partial charge in [0.25, 0.3) is 5.91 Å². The number of hydrogen-bond donors (Lipinski definition) is 0. The Morgan fingerprint density at radius 3 is 2.68 bits per heavy atom. The molecule has 118 valence electrons. The lowest BCUT2D eigenvalue weighted by molar-refractivity contribution is 0.0719. The summed E-state index contributed by atoms with van der Waals surface area (Å²) in [5.74, 6) is 0.0322. The van der Waals surface area contributed by atoms with Gasteiger partial charge in [-0.1, -0.05) is 12.1 Å². The van der Waals surface area contributed by atoms with Gasteiger partial charge >= 0.3 is 0 Å². The summed E-state index contributed by atoms with van der Waals surface area (Å²) in [7, 11) is 3.67. The van der Waals surface area contributed by atoms with Crippen LogP contribution in [0.5, 0.6) is 0 Å². The van der Waals surface area contributed by atoms with Crippen molar-refractivity contribution in [2.75, 3.05) is 20.3 Å². The highest BCUT2D eigenvalue weighted by atomic mass is 79.9. The van der Waals surface area contributed by atoms with E-state index in [1.807, 2.05) is 59.1 Å². The van der Waals surface area contributed by atoms with E-state index in [4.69, 9.17) is 4.74 Å². The van der Waals surface area contributed by atoms with Crippen LogP contribution >= 0.6 is 15.9 Å². The Labute approximate surface area is 139 Å². The molecule has 2 aromatic rings. The number of hydrogen-bond acceptors (Lipinski definition) is 2. The predicted octanol–water partition coefficient (Wildman–Crippen LogP) is 3.47. The molecule has 0 saturated heterocycles. The highest BCUT2D eigenvalue weighted by Crippen LogP contribution is 2.19. The van der Waals surface area contributed by atoms with Crippen molar-refractivity contribution in [2.45, 2.75) is 13.0 Å². The number of aromatic nitrogens is 1. The van der Waals surface area contributed by atoms with Crippen molar-refractivity contribution in [3.05, 3.63) is 58.3 Å². The summed E-state index contributed by atoms with van der Waals surface area (Å²) < 4.78 is 7.97. The monoisotopic (exact) mass is 364 g/mol. The van der Waals surface area contributed by atoms with E-state index in [9.17, 15) is 4.79 Å². The minimum Gasteiger partial charge on any atom is -0.385 e. The van der Waals surface area contributed by atoms with Crippen molar-refractivity contribution in [1.29, 1.82) is 0 Å². The zero-order valence-corrected chi connectivity index (χ0v) is 14.5. The fraction of sp³-hybridized carbons (Fsp3) is 0.353. The highest BCUT2D eigenvalue weighted by Gasteiger charge is 2.18. The van der Waals surface area contributed by atoms with Crippen molar-refractivity contribution < 1.29 is 9.53 Å². The van der Waals surface area contributed by atoms with Crippen molar-refractivity contribution in [3.63, 3.8) is 0 Å². The Morgan fingerprint density at radius 1 is 1.27 bits per heavy atom. The van der Waals surface area contributed by atoms with Gasteiger partial charge in [-0.3, -0.25) is 4.79 Å². The minimum atomic E-state index is 0.0322. The van der Waals surface area contributed by atoms with Gasteiger partial charge < -0.3 is 14.2 Å². The Morgan fingerprint density at radius 2 is 2.05 bits per heavy atom. The number of methoxy groups -OCH3 is 1. The molecule has 1 amide bonds. The topological polar surface area (TPSA) is 34.5 Å². The van der Waals surface area contributed by atoms with Crippen LogP contribution in [0.25, 0.3) is 0 Å². The van der Waals surface area contributed by atoms with Crippen LogP contribution in [-0.4, -0.2) is 35.6 Å². The smallest absolute Gasteiger partial charge is 0.255 e. The summed E-state index contributed by atoms with van der Waals surface area (Å²) in [5, 5.41) is 0. The normalized spacial score (nSPS) is 10.7. The van der Waals surface area contributed by atoms with Crippen LogP contribution in [0.3, 0.4) is 0 Å². The first kappa shape index (κ1) is 16.8. The number of halogens is 1. The van der Waals surface area contributed by atoms with Crippen molar-refractivity contribution in [2.24, 2.45) is 7.05 Å². The number of amides is 1. The lowest BCUT2D eigenvalue weighted by atomic mass is 10.2. The van der Waals surface area contributed by atoms with E-state index < -0.39 is 0 Å². The molecular weight excluding hydrogens is 344 g/mol. The number of ether oxygens (including phenoxy) is 1. The van der Waals surface area contributed by atoms with Crippen LogP contribution in [0.1, 0.15) is 22.5 Å². The average Bonchev–Trinajstić information content (AvgIpc) is 2.91. The molecule has 0 aliphatic rings. The molecule has 0 saturated carbocycles. The fourth-order valence-corrected chi connectivity index (χ4v) is 2.77. The van der Waals surface area contributed by atoms with Gasteiger partial charge in [0.15, 0.2) is 0 Å². The van der Waals surface area contributed by atoms with Crippen LogP contribution in [0.4, 0.5) is 0 Å². The average molecular weight is 365 g/mol. The molecule has 0 spiro atoms. The zero-order valence-electron chi connectivity index (χ0n) is 13.0. The van der Waals surface area contributed by atoms with Gasteiger partial charge in [-0.25, -0.2) is 0 Å². The third-order valence-electron chi connectivity index (χ3n) is 3.57. The second-order valence-electron chi connectivity index (χ2n) is 5.16. The number of carbonyl (C=O) groups excluding carboxylic acids is 1. The summed E-state index contributed by atoms with van der Waals surface area (Å²) in [6.45, 7) is 1.90. The number of rotatable bonds is 7. The van der Waals surface area contributed by atoms with E-state index in [1.54, 1.807) is 7.11 Å². The maximum absolute atomic E-state index is 12.8. The van der Waals surface area contributed by atoms with Crippen molar-refractivity contribution in [3.8, 4) is 0 Å². The van der Waals surface area contributed by atoms with Gasteiger partial charge in [0.05, 0.1) is 12.1 Å². The molecule has 4 nitrogen and oxygen atoms in total. The Bertz CT molecular complexity index is 625. The first-order valence-corrected chi connectivity index (χ1v) is 8.05. The van der Waals surface area contributed by atoms with Gasteiger partial charge in [-0.2, -0.15) is 0 Å². The molecule has 2 rings (SSSR count). The van der Waals surface area contributed by atoms with E-state index in [0.29, 0.717) is 25.3 Å². The molecular formula is C17H21BrN2O2. The van der Waals surface area contributed by atoms with E-state index in [1.165, 1.54) is 0 Å². The van der Waals surface area contributed by atoms with Crippen LogP contribution < -0.4 is 0 Å². The van der Waals surface area contributed by atoms with E-state index in [2.05, 4.69) is 15.9 Å². The van der Waals surface area contributed by atoms with E-state index >= 15 is 0 Å². The van der Waals surface area contributed by atoms with Crippen LogP contribution in [0, 0.1) is 0 Å². The zero-order chi connectivity index (χ0) is 15.9. The second-order valence-corrected chi connectivity index (χ2v) is 6.02. The summed E-state index contributed by atoms with van der Waals surface area (Å²) in [6.07, 6.45) is 2.81. The maximum atomic E-state index is 12.8. The standard InChI is InChI=1S/C17H21BrN2O2/c1-19-10-5-7-14(19)13-20(11-6-12-22-2)17(21)15-8-3-4-9-16(15)18/h3-5,7-10H,6,11-13H2,1-2H3. The maximum Gasteiger partial charge on any atom is 0.255 e. The Hall–Kier alpha value is -1.59. The van der Waals surface area contributed by atoms with E-state index in [-0.39, 0.29) is 5.91 Å². The number of benzene rings is 1. The lowest BCUT2D eigenvalue weighted by Crippen LogP contribution is -2.33. The molecule has 0 atom stereocenters. The highest BCUT2D eigenvalue weighted by molar-refractivity contribution is 9.10. The first-order chi connectivity index (χ1) is 10.6. The molecule has 0 aliphatic carbocycles. The molecule has 5 heteroatoms. The molecule has 1 aromatic heterocycles. The number of carbonyl (C=O) groups is 1. The predicted molar refractivity (Wildman–Crippen MR) is 90.8 cm³/mol. The van der Waals surface area contributed by atoms with E-state index in [0.717, 1.165) is 16.6 Å². The quantitative estimate of drug-likeness (QED) is 0.705. The number of aryl methyl sites for hydroxylation is 1. The van der Waals surface area contributed by atoms with Crippen LogP contribution in [0.15, 0.2) is 47.1 Å². The number of nitrogens with zero attached hydrogens (tertiary/aromatic N) is 2. The molecule has 0 aliphatic heterocycles. The SMILES string of the molecule is COCCCN(Cc1cccn1C)C(=O)c1ccccc1Br. The molecule has 1 aromatic carbocycles. The second kappa shape index (κ2) is 8.15. The molecule has 1 heterocycles. The summed E-state index contributed by atoms with van der Waals surface area (Å²) in [4.78, 5) is 14.7. The molecule has 0 N–H and O–H groups in total. The molecule has 22 heavy (non-hydrogen) atoms. The lowest BCUT2D eigenvalue weighted by Gasteiger charge is -2.23. The third-order valence-corrected chi connectivity index (χ3v) is 4.26. The molecule has 0 bridgehead atoms. The summed E-state index contributed by atoms with van der Waals surface area (Å²) in [5.41, 5.74) is 1.80. The fourth-order valence-electron chi connectivity index (χ4n) is 2.31. The third kappa shape index (κ3) is 4.21. The van der Waals surface area contributed by atoms with Gasteiger partial charge in [-0.15, -0.1) is 0 Å². The van der Waals surface area contributed by atoms with Crippen LogP contribution in [-0.2, 0) is 18.3 Å². The van der Waals surface area contributed by atoms with Crippen molar-refractivity contribution in [1.82, 2.24) is 9.47 Å². The Kier molecular flexibility index (Phi) is 6.21. The van der Waals surface area contributed by atoms with Gasteiger partial charge in [0.2, 0.25) is 0 Å². The molecule has 0 unspecified atom stereocenters. The van der Waals surface area contributed by atoms with Gasteiger partial charge in [0.1, 0.15) is 0 Å². The minimum absolute atomic E-state index is 0.0322. The first-order valence-electron chi connectivity index (χ1n) is 7.26. The van der Waals surface area contributed by atoms with Gasteiger partial charge in [-0.05, 0) is 46.6 Å². The van der Waals surface area contributed by atoms with Crippen molar-refractivity contribution >= 4 is 21.8 Å². The Balaban J connectivity index is 2.18. The van der Waals surface area contributed by atoms with Crippen LogP contribution in [0.2, 0.25) is 0 Å². The molecule has 0 fully saturated rings. The summed E-state index contributed by atoms with van der Waals surface area (Å²) in [6, 6.07) is 11.6. The largest absolute Gasteiger partial charge is 0.385 e. The van der Waals surface area contributed by atoms with Gasteiger partial charge in [0, 0.05) is 43.7 Å².